The molecule has 1 aromatic rings. The highest BCUT2D eigenvalue weighted by Crippen LogP contribution is 2.24. The Morgan fingerprint density at radius 1 is 1.54 bits per heavy atom. The zero-order chi connectivity index (χ0) is 20.7. The molecule has 0 aliphatic carbocycles. The van der Waals surface area contributed by atoms with Crippen molar-refractivity contribution >= 4 is 23.2 Å². The summed E-state index contributed by atoms with van der Waals surface area (Å²) in [5.74, 6) is 0.279. The summed E-state index contributed by atoms with van der Waals surface area (Å²) in [6, 6.07) is 3.76. The minimum Gasteiger partial charge on any atom is -0.474 e. The number of methoxy groups -OCH3 is 1. The molecule has 1 amide bonds. The first kappa shape index (κ1) is 21.9. The maximum atomic E-state index is 12.3. The van der Waals surface area contributed by atoms with E-state index in [0.717, 1.165) is 5.56 Å². The summed E-state index contributed by atoms with van der Waals surface area (Å²) in [4.78, 5) is 21.2. The molecule has 8 heteroatoms. The lowest BCUT2D eigenvalue weighted by atomic mass is 9.97. The second kappa shape index (κ2) is 9.71. The number of hydrogen-bond acceptors (Lipinski definition) is 6. The number of carbonyl (C=O) groups excluding carboxylic acids is 1. The van der Waals surface area contributed by atoms with Crippen molar-refractivity contribution in [2.24, 2.45) is 10.7 Å². The van der Waals surface area contributed by atoms with Crippen molar-refractivity contribution in [1.82, 2.24) is 10.3 Å². The van der Waals surface area contributed by atoms with Crippen molar-refractivity contribution in [3.05, 3.63) is 47.4 Å². The fourth-order valence-electron chi connectivity index (χ4n) is 2.94. The largest absolute Gasteiger partial charge is 0.474 e. The summed E-state index contributed by atoms with van der Waals surface area (Å²) in [7, 11) is 1.53. The molecule has 0 saturated carbocycles. The molecule has 0 spiro atoms. The van der Waals surface area contributed by atoms with Gasteiger partial charge in [-0.2, -0.15) is 0 Å². The van der Waals surface area contributed by atoms with Gasteiger partial charge in [0.15, 0.2) is 5.54 Å². The molecule has 0 aromatic carbocycles. The number of pyridine rings is 1. The second-order valence-electron chi connectivity index (χ2n) is 6.97. The van der Waals surface area contributed by atoms with E-state index in [9.17, 15) is 4.79 Å². The van der Waals surface area contributed by atoms with E-state index in [1.807, 2.05) is 19.1 Å². The molecule has 0 radical (unpaired) electrons. The van der Waals surface area contributed by atoms with E-state index in [4.69, 9.17) is 26.8 Å². The fraction of sp³-hybridized carbons (Fsp3) is 0.450. The second-order valence-corrected chi connectivity index (χ2v) is 7.51. The molecule has 0 saturated heterocycles. The van der Waals surface area contributed by atoms with E-state index in [1.165, 1.54) is 13.3 Å². The highest BCUT2D eigenvalue weighted by Gasteiger charge is 2.38. The third kappa shape index (κ3) is 5.81. The van der Waals surface area contributed by atoms with Crippen LogP contribution in [0.3, 0.4) is 0 Å². The number of nitrogens with zero attached hydrogens (tertiary/aromatic N) is 2. The Morgan fingerprint density at radius 3 is 2.89 bits per heavy atom. The molecular weight excluding hydrogens is 380 g/mol. The monoisotopic (exact) mass is 406 g/mol. The maximum absolute atomic E-state index is 12.3. The highest BCUT2D eigenvalue weighted by molar-refractivity contribution is 6.29. The molecule has 28 heavy (non-hydrogen) atoms. The molecule has 0 fully saturated rings. The smallest absolute Gasteiger partial charge is 0.254 e. The van der Waals surface area contributed by atoms with Crippen molar-refractivity contribution < 1.29 is 14.3 Å². The third-order valence-electron chi connectivity index (χ3n) is 4.35. The molecule has 2 atom stereocenters. The summed E-state index contributed by atoms with van der Waals surface area (Å²) in [5, 5.41) is 3.30. The minimum absolute atomic E-state index is 0.172. The van der Waals surface area contributed by atoms with Crippen molar-refractivity contribution in [3.63, 3.8) is 0 Å². The van der Waals surface area contributed by atoms with Gasteiger partial charge in [0, 0.05) is 37.0 Å². The Kier molecular flexibility index (Phi) is 7.60. The lowest BCUT2D eigenvalue weighted by Crippen LogP contribution is -2.51. The van der Waals surface area contributed by atoms with Gasteiger partial charge in [0.05, 0.1) is 18.0 Å². The Hall–Kier alpha value is -2.38. The molecule has 7 nitrogen and oxygen atoms in total. The number of carbonyl (C=O) groups is 1. The first-order chi connectivity index (χ1) is 13.3. The first-order valence-electron chi connectivity index (χ1n) is 9.01. The van der Waals surface area contributed by atoms with Gasteiger partial charge in [-0.05, 0) is 38.3 Å². The van der Waals surface area contributed by atoms with Crippen LogP contribution >= 0.6 is 11.6 Å². The molecule has 152 valence electrons. The van der Waals surface area contributed by atoms with Gasteiger partial charge in [-0.3, -0.25) is 9.79 Å². The number of nitrogens with one attached hydrogen (secondary N) is 1. The number of aliphatic imine (C=N–C) groups is 1. The quantitative estimate of drug-likeness (QED) is 0.657. The number of allylic oxidation sites excluding steroid dienone is 1. The van der Waals surface area contributed by atoms with E-state index in [-0.39, 0.29) is 18.6 Å². The van der Waals surface area contributed by atoms with Gasteiger partial charge in [0.1, 0.15) is 6.10 Å². The molecule has 2 unspecified atom stereocenters. The maximum Gasteiger partial charge on any atom is 0.254 e. The van der Waals surface area contributed by atoms with E-state index in [2.05, 4.69) is 21.9 Å². The zero-order valence-corrected chi connectivity index (χ0v) is 17.3. The summed E-state index contributed by atoms with van der Waals surface area (Å²) in [6.07, 6.45) is 4.39. The van der Waals surface area contributed by atoms with Gasteiger partial charge in [-0.25, -0.2) is 4.98 Å². The number of rotatable bonds is 9. The molecule has 0 bridgehead atoms. The van der Waals surface area contributed by atoms with Gasteiger partial charge >= 0.3 is 0 Å². The molecule has 1 aromatic heterocycles. The topological polar surface area (TPSA) is 98.8 Å². The van der Waals surface area contributed by atoms with Crippen molar-refractivity contribution in [2.45, 2.75) is 44.8 Å². The highest BCUT2D eigenvalue weighted by atomic mass is 35.5. The van der Waals surface area contributed by atoms with Crippen LogP contribution in [-0.4, -0.2) is 42.0 Å². The van der Waals surface area contributed by atoms with Gasteiger partial charge in [-0.15, -0.1) is 0 Å². The SMILES string of the molecule is C=C(Cl)CC(CCC1=NC(C)(COC)C(=O)NC1=CN)Oc1cc(C)ccn1. The standard InChI is InChI=1S/C20H27ClN4O3/c1-13-7-8-23-18(9-13)28-15(10-14(2)21)5-6-16-17(11-22)24-19(26)20(3,25-16)12-27-4/h7-9,11,15H,2,5-6,10,12,22H2,1,3-4H3,(H,24,26). The predicted octanol–water partition coefficient (Wildman–Crippen LogP) is 2.84. The van der Waals surface area contributed by atoms with Crippen LogP contribution in [0.2, 0.25) is 0 Å². The summed E-state index contributed by atoms with van der Waals surface area (Å²) >= 11 is 6.02. The number of hydrogen-bond donors (Lipinski definition) is 2. The van der Waals surface area contributed by atoms with Crippen molar-refractivity contribution in [3.8, 4) is 5.88 Å². The van der Waals surface area contributed by atoms with Crippen LogP contribution in [0.15, 0.2) is 46.8 Å². The lowest BCUT2D eigenvalue weighted by Gasteiger charge is -2.31. The van der Waals surface area contributed by atoms with Gasteiger partial charge in [0.25, 0.3) is 5.91 Å². The van der Waals surface area contributed by atoms with Crippen LogP contribution in [-0.2, 0) is 9.53 Å². The summed E-state index contributed by atoms with van der Waals surface area (Å²) in [5.41, 5.74) is 6.92. The minimum atomic E-state index is -0.999. The molecular formula is C20H27ClN4O3. The zero-order valence-electron chi connectivity index (χ0n) is 16.5. The number of aromatic nitrogens is 1. The average molecular weight is 407 g/mol. The Morgan fingerprint density at radius 2 is 2.29 bits per heavy atom. The molecule has 2 rings (SSSR count). The average Bonchev–Trinajstić information content (AvgIpc) is 2.62. The molecule has 1 aliphatic heterocycles. The molecule has 3 N–H and O–H groups in total. The molecule has 1 aliphatic rings. The first-order valence-corrected chi connectivity index (χ1v) is 9.39. The van der Waals surface area contributed by atoms with Crippen LogP contribution in [0.25, 0.3) is 0 Å². The van der Waals surface area contributed by atoms with Crippen molar-refractivity contribution in [2.75, 3.05) is 13.7 Å². The van der Waals surface area contributed by atoms with E-state index >= 15 is 0 Å². The summed E-state index contributed by atoms with van der Waals surface area (Å²) < 4.78 is 11.2. The van der Waals surface area contributed by atoms with Gasteiger partial charge in [-0.1, -0.05) is 18.2 Å². The van der Waals surface area contributed by atoms with E-state index in [1.54, 1.807) is 13.1 Å². The van der Waals surface area contributed by atoms with Gasteiger partial charge < -0.3 is 20.5 Å². The fourth-order valence-corrected chi connectivity index (χ4v) is 3.11. The predicted molar refractivity (Wildman–Crippen MR) is 110 cm³/mol. The summed E-state index contributed by atoms with van der Waals surface area (Å²) in [6.45, 7) is 7.64. The normalized spacial score (nSPS) is 21.8. The number of nitrogens with two attached hydrogens (primary N) is 1. The number of aryl methyl sites for hydroxylation is 1. The van der Waals surface area contributed by atoms with E-state index in [0.29, 0.717) is 41.6 Å². The Balaban J connectivity index is 2.17. The van der Waals surface area contributed by atoms with Crippen LogP contribution in [0.1, 0.15) is 31.7 Å². The van der Waals surface area contributed by atoms with Crippen LogP contribution in [0.5, 0.6) is 5.88 Å². The van der Waals surface area contributed by atoms with Crippen LogP contribution < -0.4 is 15.8 Å². The van der Waals surface area contributed by atoms with Crippen molar-refractivity contribution in [1.29, 1.82) is 0 Å². The lowest BCUT2D eigenvalue weighted by molar-refractivity contribution is -0.126. The molecule has 2 heterocycles. The number of halogens is 1. The van der Waals surface area contributed by atoms with E-state index < -0.39 is 5.54 Å². The van der Waals surface area contributed by atoms with Crippen LogP contribution in [0, 0.1) is 6.92 Å². The Labute approximate surface area is 170 Å². The number of amides is 1. The van der Waals surface area contributed by atoms with Gasteiger partial charge in [0.2, 0.25) is 5.88 Å². The third-order valence-corrected chi connectivity index (χ3v) is 4.51. The Bertz CT molecular complexity index is 793. The van der Waals surface area contributed by atoms with Crippen LogP contribution in [0.4, 0.5) is 0 Å². The number of ether oxygens (including phenoxy) is 2.